The van der Waals surface area contributed by atoms with Gasteiger partial charge in [0.05, 0.1) is 12.5 Å². The molecule has 1 fully saturated rings. The molecule has 1 aromatic heterocycles. The van der Waals surface area contributed by atoms with Gasteiger partial charge in [0.25, 0.3) is 0 Å². The maximum absolute atomic E-state index is 13.2. The number of amides is 1. The highest BCUT2D eigenvalue weighted by atomic mass is 16.5. The third kappa shape index (κ3) is 2.87. The molecule has 2 aromatic rings. The maximum Gasteiger partial charge on any atom is 0.230 e. The van der Waals surface area contributed by atoms with Gasteiger partial charge in [0, 0.05) is 25.4 Å². The lowest BCUT2D eigenvalue weighted by molar-refractivity contribution is -0.126. The fraction of sp³-hybridized carbons (Fsp3) is 0.550. The number of aryl methyl sites for hydroxylation is 1. The summed E-state index contributed by atoms with van der Waals surface area (Å²) >= 11 is 0. The summed E-state index contributed by atoms with van der Waals surface area (Å²) in [6, 6.07) is 8.00. The predicted octanol–water partition coefficient (Wildman–Crippen LogP) is 2.40. The Kier molecular flexibility index (Phi) is 4.42. The molecule has 1 N–H and O–H groups in total. The van der Waals surface area contributed by atoms with Crippen molar-refractivity contribution >= 4 is 5.91 Å². The Labute approximate surface area is 154 Å². The Morgan fingerprint density at radius 3 is 2.65 bits per heavy atom. The summed E-state index contributed by atoms with van der Waals surface area (Å²) in [6.07, 6.45) is 4.92. The highest BCUT2D eigenvalue weighted by Crippen LogP contribution is 2.42. The quantitative estimate of drug-likeness (QED) is 0.895. The van der Waals surface area contributed by atoms with E-state index < -0.39 is 5.41 Å². The normalized spacial score (nSPS) is 20.8. The van der Waals surface area contributed by atoms with Crippen LogP contribution in [0.3, 0.4) is 0 Å². The number of hydrogen-bond donors (Lipinski definition) is 1. The first-order chi connectivity index (χ1) is 12.6. The van der Waals surface area contributed by atoms with Crippen molar-refractivity contribution < 1.29 is 9.53 Å². The first kappa shape index (κ1) is 17.1. The molecular weight excluding hydrogens is 328 g/mol. The van der Waals surface area contributed by atoms with Crippen LogP contribution < -0.4 is 10.1 Å². The minimum atomic E-state index is -0.393. The van der Waals surface area contributed by atoms with Crippen LogP contribution in [0.4, 0.5) is 0 Å². The molecule has 1 atom stereocenters. The van der Waals surface area contributed by atoms with Crippen molar-refractivity contribution in [2.45, 2.75) is 51.0 Å². The number of fused-ring (bicyclic) bond motifs is 1. The van der Waals surface area contributed by atoms with E-state index in [1.807, 2.05) is 31.2 Å². The molecule has 0 bridgehead atoms. The minimum absolute atomic E-state index is 0.166. The summed E-state index contributed by atoms with van der Waals surface area (Å²) in [5.41, 5.74) is 0.711. The molecule has 4 rings (SSSR count). The van der Waals surface area contributed by atoms with Crippen molar-refractivity contribution in [1.29, 1.82) is 0 Å². The van der Waals surface area contributed by atoms with Crippen LogP contribution >= 0.6 is 0 Å². The first-order valence-electron chi connectivity index (χ1n) is 9.44. The zero-order valence-electron chi connectivity index (χ0n) is 15.5. The molecule has 2 aliphatic rings. The number of ether oxygens (including phenoxy) is 1. The number of hydrogen-bond acceptors (Lipinski definition) is 4. The van der Waals surface area contributed by atoms with E-state index in [1.165, 1.54) is 0 Å². The molecule has 1 aromatic carbocycles. The van der Waals surface area contributed by atoms with Gasteiger partial charge < -0.3 is 14.6 Å². The van der Waals surface area contributed by atoms with E-state index in [2.05, 4.69) is 20.1 Å². The third-order valence-corrected chi connectivity index (χ3v) is 6.01. The van der Waals surface area contributed by atoms with Crippen LogP contribution in [0.5, 0.6) is 5.75 Å². The van der Waals surface area contributed by atoms with Gasteiger partial charge >= 0.3 is 0 Å². The number of rotatable bonds is 5. The van der Waals surface area contributed by atoms with Crippen LogP contribution in [-0.4, -0.2) is 34.3 Å². The SMILES string of the molecule is COc1ccc(C2(C(=O)NCC3Cc4nnc(C)n4C3)CCCC2)cc1. The van der Waals surface area contributed by atoms with Crippen molar-refractivity contribution in [3.63, 3.8) is 0 Å². The van der Waals surface area contributed by atoms with Gasteiger partial charge in [0.2, 0.25) is 5.91 Å². The Balaban J connectivity index is 1.44. The van der Waals surface area contributed by atoms with Crippen molar-refractivity contribution in [3.05, 3.63) is 41.5 Å². The lowest BCUT2D eigenvalue weighted by Gasteiger charge is -2.29. The molecule has 1 aliphatic carbocycles. The monoisotopic (exact) mass is 354 g/mol. The number of carbonyl (C=O) groups is 1. The zero-order valence-corrected chi connectivity index (χ0v) is 15.5. The number of carbonyl (C=O) groups excluding carboxylic acids is 1. The predicted molar refractivity (Wildman–Crippen MR) is 98.1 cm³/mol. The molecule has 0 saturated heterocycles. The largest absolute Gasteiger partial charge is 0.497 e. The molecule has 6 heteroatoms. The number of methoxy groups -OCH3 is 1. The first-order valence-corrected chi connectivity index (χ1v) is 9.44. The molecule has 2 heterocycles. The van der Waals surface area contributed by atoms with Crippen molar-refractivity contribution in [1.82, 2.24) is 20.1 Å². The van der Waals surface area contributed by atoms with E-state index in [9.17, 15) is 4.79 Å². The second-order valence-electron chi connectivity index (χ2n) is 7.57. The Hall–Kier alpha value is -2.37. The Morgan fingerprint density at radius 1 is 1.27 bits per heavy atom. The molecule has 1 unspecified atom stereocenters. The van der Waals surface area contributed by atoms with E-state index >= 15 is 0 Å². The lowest BCUT2D eigenvalue weighted by Crippen LogP contribution is -2.44. The average molecular weight is 354 g/mol. The highest BCUT2D eigenvalue weighted by molar-refractivity contribution is 5.88. The molecule has 6 nitrogen and oxygen atoms in total. The van der Waals surface area contributed by atoms with Crippen molar-refractivity contribution in [3.8, 4) is 5.75 Å². The second kappa shape index (κ2) is 6.74. The van der Waals surface area contributed by atoms with Gasteiger partial charge in [0.1, 0.15) is 17.4 Å². The molecule has 26 heavy (non-hydrogen) atoms. The fourth-order valence-electron chi connectivity index (χ4n) is 4.47. The van der Waals surface area contributed by atoms with Crippen LogP contribution in [0.25, 0.3) is 0 Å². The van der Waals surface area contributed by atoms with Crippen LogP contribution in [0.15, 0.2) is 24.3 Å². The van der Waals surface area contributed by atoms with Gasteiger partial charge in [-0.25, -0.2) is 0 Å². The van der Waals surface area contributed by atoms with Gasteiger partial charge in [-0.15, -0.1) is 10.2 Å². The number of aromatic nitrogens is 3. The maximum atomic E-state index is 13.2. The van der Waals surface area contributed by atoms with E-state index in [1.54, 1.807) is 7.11 Å². The second-order valence-corrected chi connectivity index (χ2v) is 7.57. The third-order valence-electron chi connectivity index (χ3n) is 6.01. The standard InChI is InChI=1S/C20H26N4O2/c1-14-22-23-18-11-15(13-24(14)18)12-21-19(25)20(9-3-4-10-20)16-5-7-17(26-2)8-6-16/h5-8,15H,3-4,9-13H2,1-2H3,(H,21,25). The van der Waals surface area contributed by atoms with E-state index in [0.29, 0.717) is 12.5 Å². The summed E-state index contributed by atoms with van der Waals surface area (Å²) in [4.78, 5) is 13.2. The molecule has 138 valence electrons. The van der Waals surface area contributed by atoms with E-state index in [4.69, 9.17) is 4.74 Å². The highest BCUT2D eigenvalue weighted by Gasteiger charge is 2.42. The van der Waals surface area contributed by atoms with E-state index in [0.717, 1.165) is 61.6 Å². The summed E-state index contributed by atoms with van der Waals surface area (Å²) < 4.78 is 7.42. The molecule has 0 spiro atoms. The number of nitrogens with one attached hydrogen (secondary N) is 1. The lowest BCUT2D eigenvalue weighted by atomic mass is 9.78. The molecule has 1 aliphatic heterocycles. The summed E-state index contributed by atoms with van der Waals surface area (Å²) in [6.45, 7) is 3.57. The van der Waals surface area contributed by atoms with Gasteiger partial charge in [-0.1, -0.05) is 25.0 Å². The summed E-state index contributed by atoms with van der Waals surface area (Å²) in [7, 11) is 1.66. The Bertz CT molecular complexity index is 791. The fourth-order valence-corrected chi connectivity index (χ4v) is 4.47. The minimum Gasteiger partial charge on any atom is -0.497 e. The number of benzene rings is 1. The molecule has 1 saturated carbocycles. The van der Waals surface area contributed by atoms with Gasteiger partial charge in [-0.2, -0.15) is 0 Å². The summed E-state index contributed by atoms with van der Waals surface area (Å²) in [5, 5.41) is 11.6. The molecule has 1 amide bonds. The smallest absolute Gasteiger partial charge is 0.230 e. The molecule has 0 radical (unpaired) electrons. The summed E-state index contributed by atoms with van der Waals surface area (Å²) in [5.74, 6) is 3.38. The van der Waals surface area contributed by atoms with Crippen LogP contribution in [0.2, 0.25) is 0 Å². The van der Waals surface area contributed by atoms with Crippen LogP contribution in [0, 0.1) is 12.8 Å². The van der Waals surface area contributed by atoms with Crippen molar-refractivity contribution in [2.75, 3.05) is 13.7 Å². The Morgan fingerprint density at radius 2 is 2.00 bits per heavy atom. The molecular formula is C20H26N4O2. The van der Waals surface area contributed by atoms with Crippen molar-refractivity contribution in [2.24, 2.45) is 5.92 Å². The zero-order chi connectivity index (χ0) is 18.1. The van der Waals surface area contributed by atoms with Crippen LogP contribution in [0.1, 0.15) is 42.9 Å². The number of nitrogens with zero attached hydrogens (tertiary/aromatic N) is 3. The van der Waals surface area contributed by atoms with Gasteiger partial charge in [-0.3, -0.25) is 4.79 Å². The van der Waals surface area contributed by atoms with Crippen LogP contribution in [-0.2, 0) is 23.2 Å². The average Bonchev–Trinajstić information content (AvgIpc) is 3.38. The topological polar surface area (TPSA) is 69.0 Å². The van der Waals surface area contributed by atoms with Gasteiger partial charge in [0.15, 0.2) is 0 Å². The van der Waals surface area contributed by atoms with E-state index in [-0.39, 0.29) is 5.91 Å². The van der Waals surface area contributed by atoms with Gasteiger partial charge in [-0.05, 0) is 37.5 Å².